The Morgan fingerprint density at radius 1 is 1.30 bits per heavy atom. The maximum Gasteiger partial charge on any atom is 0.318 e. The van der Waals surface area contributed by atoms with Crippen molar-refractivity contribution in [3.05, 3.63) is 45.6 Å². The first-order chi connectivity index (χ1) is 9.34. The molecule has 0 aliphatic carbocycles. The lowest BCUT2D eigenvalue weighted by atomic mass is 10.0. The van der Waals surface area contributed by atoms with Gasteiger partial charge in [-0.05, 0) is 12.1 Å². The van der Waals surface area contributed by atoms with Gasteiger partial charge in [0, 0.05) is 13.0 Å². The molecule has 0 fully saturated rings. The molecule has 0 amide bonds. The molecule has 0 saturated carbocycles. The molecule has 0 saturated heterocycles. The molecule has 0 radical (unpaired) electrons. The van der Waals surface area contributed by atoms with Crippen molar-refractivity contribution in [2.75, 3.05) is 0 Å². The lowest BCUT2D eigenvalue weighted by molar-refractivity contribution is -0.385. The fourth-order valence-corrected chi connectivity index (χ4v) is 2.11. The molecule has 0 spiro atoms. The van der Waals surface area contributed by atoms with Gasteiger partial charge in [-0.25, -0.2) is 8.78 Å². The van der Waals surface area contributed by atoms with E-state index in [0.29, 0.717) is 0 Å². The van der Waals surface area contributed by atoms with Gasteiger partial charge in [-0.3, -0.25) is 14.8 Å². The summed E-state index contributed by atoms with van der Waals surface area (Å²) in [5, 5.41) is 15.3. The average Bonchev–Trinajstić information content (AvgIpc) is 2.67. The van der Waals surface area contributed by atoms with Crippen LogP contribution in [0.3, 0.4) is 0 Å². The number of halogens is 2. The molecule has 0 N–H and O–H groups in total. The molecule has 0 aliphatic heterocycles. The van der Waals surface area contributed by atoms with Crippen molar-refractivity contribution in [3.63, 3.8) is 0 Å². The van der Waals surface area contributed by atoms with E-state index in [4.69, 9.17) is 0 Å². The lowest BCUT2D eigenvalue weighted by Gasteiger charge is -2.05. The van der Waals surface area contributed by atoms with Gasteiger partial charge < -0.3 is 0 Å². The molecule has 0 bridgehead atoms. The number of hydrogen-bond donors (Lipinski definition) is 0. The van der Waals surface area contributed by atoms with Crippen LogP contribution in [0.1, 0.15) is 25.5 Å². The molecular formula is C13H13F2N3O2. The fourth-order valence-electron chi connectivity index (χ4n) is 2.11. The van der Waals surface area contributed by atoms with E-state index in [1.165, 1.54) is 13.1 Å². The van der Waals surface area contributed by atoms with Crippen molar-refractivity contribution >= 4 is 5.69 Å². The SMILES string of the molecule is CC(C)c1nn(C)c(-c2c(F)cccc2F)c1[N+](=O)[O-]. The predicted octanol–water partition coefficient (Wildman–Crippen LogP) is 3.40. The van der Waals surface area contributed by atoms with Gasteiger partial charge >= 0.3 is 5.69 Å². The van der Waals surface area contributed by atoms with E-state index >= 15 is 0 Å². The largest absolute Gasteiger partial charge is 0.318 e. The van der Waals surface area contributed by atoms with Gasteiger partial charge in [0.2, 0.25) is 0 Å². The Morgan fingerprint density at radius 2 is 1.85 bits per heavy atom. The van der Waals surface area contributed by atoms with Gasteiger partial charge in [-0.15, -0.1) is 0 Å². The molecule has 20 heavy (non-hydrogen) atoms. The van der Waals surface area contributed by atoms with Crippen LogP contribution in [-0.2, 0) is 7.05 Å². The summed E-state index contributed by atoms with van der Waals surface area (Å²) >= 11 is 0. The first kappa shape index (κ1) is 14.1. The highest BCUT2D eigenvalue weighted by atomic mass is 19.1. The van der Waals surface area contributed by atoms with Crippen LogP contribution in [0.2, 0.25) is 0 Å². The third-order valence-corrected chi connectivity index (χ3v) is 2.98. The number of benzene rings is 1. The van der Waals surface area contributed by atoms with Crippen molar-refractivity contribution in [2.45, 2.75) is 19.8 Å². The number of aryl methyl sites for hydroxylation is 1. The number of rotatable bonds is 3. The van der Waals surface area contributed by atoms with E-state index in [-0.39, 0.29) is 23.0 Å². The summed E-state index contributed by atoms with van der Waals surface area (Å²) in [5.74, 6) is -1.94. The zero-order chi connectivity index (χ0) is 15.0. The second kappa shape index (κ2) is 4.99. The highest BCUT2D eigenvalue weighted by Gasteiger charge is 2.32. The molecule has 1 aromatic heterocycles. The first-order valence-corrected chi connectivity index (χ1v) is 6.00. The van der Waals surface area contributed by atoms with Crippen LogP contribution in [0.15, 0.2) is 18.2 Å². The van der Waals surface area contributed by atoms with Gasteiger partial charge in [-0.1, -0.05) is 19.9 Å². The van der Waals surface area contributed by atoms with Crippen LogP contribution in [0, 0.1) is 21.7 Å². The standard InChI is InChI=1S/C13H13F2N3O2/c1-7(2)11-13(18(19)20)12(17(3)16-11)10-8(14)5-4-6-9(10)15/h4-7H,1-3H3. The summed E-state index contributed by atoms with van der Waals surface area (Å²) < 4.78 is 28.9. The number of hydrogen-bond acceptors (Lipinski definition) is 3. The van der Waals surface area contributed by atoms with E-state index in [9.17, 15) is 18.9 Å². The Labute approximate surface area is 114 Å². The zero-order valence-corrected chi connectivity index (χ0v) is 11.2. The predicted molar refractivity (Wildman–Crippen MR) is 69.3 cm³/mol. The van der Waals surface area contributed by atoms with E-state index in [1.807, 2.05) is 0 Å². The summed E-state index contributed by atoms with van der Waals surface area (Å²) in [4.78, 5) is 10.6. The summed E-state index contributed by atoms with van der Waals surface area (Å²) in [6.07, 6.45) is 0. The molecule has 2 rings (SSSR count). The highest BCUT2D eigenvalue weighted by Crippen LogP contribution is 2.38. The maximum absolute atomic E-state index is 13.9. The van der Waals surface area contributed by atoms with Gasteiger partial charge in [0.25, 0.3) is 0 Å². The second-order valence-electron chi connectivity index (χ2n) is 4.71. The quantitative estimate of drug-likeness (QED) is 0.640. The molecule has 1 heterocycles. The third-order valence-electron chi connectivity index (χ3n) is 2.98. The van der Waals surface area contributed by atoms with Gasteiger partial charge in [0.05, 0.1) is 10.5 Å². The monoisotopic (exact) mass is 281 g/mol. The number of aromatic nitrogens is 2. The summed E-state index contributed by atoms with van der Waals surface area (Å²) in [7, 11) is 1.43. The molecule has 7 heteroatoms. The second-order valence-corrected chi connectivity index (χ2v) is 4.71. The van der Waals surface area contributed by atoms with Gasteiger partial charge in [0.1, 0.15) is 17.3 Å². The van der Waals surface area contributed by atoms with E-state index < -0.39 is 22.1 Å². The minimum absolute atomic E-state index is 0.158. The van der Waals surface area contributed by atoms with Crippen molar-refractivity contribution in [1.29, 1.82) is 0 Å². The van der Waals surface area contributed by atoms with Crippen LogP contribution >= 0.6 is 0 Å². The third kappa shape index (κ3) is 2.15. The van der Waals surface area contributed by atoms with Gasteiger partial charge in [0.15, 0.2) is 5.69 Å². The van der Waals surface area contributed by atoms with E-state index in [0.717, 1.165) is 16.8 Å². The normalized spacial score (nSPS) is 11.1. The Morgan fingerprint density at radius 3 is 2.30 bits per heavy atom. The smallest absolute Gasteiger partial charge is 0.260 e. The Kier molecular flexibility index (Phi) is 3.52. The number of nitro groups is 1. The zero-order valence-electron chi connectivity index (χ0n) is 11.2. The molecule has 2 aromatic rings. The highest BCUT2D eigenvalue weighted by molar-refractivity contribution is 5.73. The van der Waals surface area contributed by atoms with Crippen molar-refractivity contribution in [1.82, 2.24) is 9.78 Å². The fraction of sp³-hybridized carbons (Fsp3) is 0.308. The van der Waals surface area contributed by atoms with Crippen molar-refractivity contribution < 1.29 is 13.7 Å². The first-order valence-electron chi connectivity index (χ1n) is 6.00. The minimum Gasteiger partial charge on any atom is -0.260 e. The van der Waals surface area contributed by atoms with Crippen LogP contribution in [-0.4, -0.2) is 14.7 Å². The summed E-state index contributed by atoms with van der Waals surface area (Å²) in [5.41, 5.74) is -0.739. The van der Waals surface area contributed by atoms with Crippen molar-refractivity contribution in [2.24, 2.45) is 7.05 Å². The van der Waals surface area contributed by atoms with E-state index in [2.05, 4.69) is 5.10 Å². The molecule has 106 valence electrons. The minimum atomic E-state index is -0.855. The molecular weight excluding hydrogens is 268 g/mol. The van der Waals surface area contributed by atoms with Crippen LogP contribution in [0.4, 0.5) is 14.5 Å². The Balaban J connectivity index is 2.84. The van der Waals surface area contributed by atoms with Crippen LogP contribution in [0.25, 0.3) is 11.3 Å². The Bertz CT molecular complexity index is 660. The molecule has 1 aromatic carbocycles. The molecule has 0 atom stereocenters. The summed E-state index contributed by atoms with van der Waals surface area (Å²) in [6.45, 7) is 3.47. The van der Waals surface area contributed by atoms with E-state index in [1.54, 1.807) is 13.8 Å². The molecule has 0 aliphatic rings. The van der Waals surface area contributed by atoms with Crippen molar-refractivity contribution in [3.8, 4) is 11.3 Å². The number of nitrogens with zero attached hydrogens (tertiary/aromatic N) is 3. The maximum atomic E-state index is 13.9. The lowest BCUT2D eigenvalue weighted by Crippen LogP contribution is -2.00. The van der Waals surface area contributed by atoms with Crippen LogP contribution in [0.5, 0.6) is 0 Å². The molecule has 0 unspecified atom stereocenters. The average molecular weight is 281 g/mol. The summed E-state index contributed by atoms with van der Waals surface area (Å²) in [6, 6.07) is 3.33. The Hall–Kier alpha value is -2.31. The topological polar surface area (TPSA) is 61.0 Å². The molecule has 5 nitrogen and oxygen atoms in total. The van der Waals surface area contributed by atoms with Crippen LogP contribution < -0.4 is 0 Å². The van der Waals surface area contributed by atoms with Gasteiger partial charge in [-0.2, -0.15) is 5.10 Å².